The molecule has 0 bridgehead atoms. The molecule has 3 rings (SSSR count). The summed E-state index contributed by atoms with van der Waals surface area (Å²) in [6.45, 7) is 2.19. The molecule has 0 aliphatic heterocycles. The third-order valence-electron chi connectivity index (χ3n) is 4.00. The van der Waals surface area contributed by atoms with Gasteiger partial charge in [-0.3, -0.25) is 4.79 Å². The Balaban J connectivity index is 1.80. The second-order valence-corrected chi connectivity index (χ2v) is 5.93. The number of anilines is 2. The fourth-order valence-electron chi connectivity index (χ4n) is 2.49. The van der Waals surface area contributed by atoms with Gasteiger partial charge in [0.2, 0.25) is 5.91 Å². The van der Waals surface area contributed by atoms with Crippen LogP contribution in [0.5, 0.6) is 0 Å². The van der Waals surface area contributed by atoms with Crippen molar-refractivity contribution in [3.05, 3.63) is 23.8 Å². The number of hydrogen-bond donors (Lipinski definition) is 2. The first kappa shape index (κ1) is 12.3. The maximum absolute atomic E-state index is 11.2. The van der Waals surface area contributed by atoms with E-state index in [4.69, 9.17) is 11.5 Å². The monoisotopic (exact) mass is 259 g/mol. The normalized spacial score (nSPS) is 18.3. The van der Waals surface area contributed by atoms with Crippen LogP contribution in [0.4, 0.5) is 11.4 Å². The summed E-state index contributed by atoms with van der Waals surface area (Å²) in [5, 5.41) is 0. The number of carbonyl (C=O) groups is 1. The van der Waals surface area contributed by atoms with Gasteiger partial charge in [0.1, 0.15) is 0 Å². The van der Waals surface area contributed by atoms with Crippen LogP contribution in [0.25, 0.3) is 0 Å². The standard InChI is InChI=1S/C15H21N3O/c16-13-7-12(15(17)19)5-6-14(13)18(8-10-1-2-10)9-11-3-4-11/h5-7,10-11H,1-4,8-9,16H2,(H2,17,19). The minimum atomic E-state index is -0.422. The average Bonchev–Trinajstić information content (AvgIpc) is 3.23. The molecule has 0 radical (unpaired) electrons. The van der Waals surface area contributed by atoms with Crippen molar-refractivity contribution >= 4 is 17.3 Å². The van der Waals surface area contributed by atoms with Crippen LogP contribution in [-0.2, 0) is 0 Å². The first-order valence-electron chi connectivity index (χ1n) is 7.08. The smallest absolute Gasteiger partial charge is 0.248 e. The molecular formula is C15H21N3O. The molecule has 0 atom stereocenters. The molecule has 1 amide bonds. The maximum Gasteiger partial charge on any atom is 0.248 e. The summed E-state index contributed by atoms with van der Waals surface area (Å²) in [7, 11) is 0. The van der Waals surface area contributed by atoms with Crippen LogP contribution in [-0.4, -0.2) is 19.0 Å². The van der Waals surface area contributed by atoms with Crippen molar-refractivity contribution in [2.24, 2.45) is 17.6 Å². The predicted molar refractivity (Wildman–Crippen MR) is 77.0 cm³/mol. The molecule has 19 heavy (non-hydrogen) atoms. The van der Waals surface area contributed by atoms with E-state index in [0.29, 0.717) is 11.3 Å². The van der Waals surface area contributed by atoms with Gasteiger partial charge < -0.3 is 16.4 Å². The second kappa shape index (κ2) is 4.76. The zero-order chi connectivity index (χ0) is 13.4. The van der Waals surface area contributed by atoms with Crippen LogP contribution in [0, 0.1) is 11.8 Å². The molecule has 1 aromatic rings. The van der Waals surface area contributed by atoms with Gasteiger partial charge in [-0.1, -0.05) is 0 Å². The van der Waals surface area contributed by atoms with Crippen molar-refractivity contribution in [2.45, 2.75) is 25.7 Å². The van der Waals surface area contributed by atoms with Crippen molar-refractivity contribution < 1.29 is 4.79 Å². The van der Waals surface area contributed by atoms with Crippen LogP contribution in [0.2, 0.25) is 0 Å². The molecule has 4 N–H and O–H groups in total. The molecule has 2 saturated carbocycles. The molecule has 2 fully saturated rings. The Labute approximate surface area is 113 Å². The minimum absolute atomic E-state index is 0.422. The number of primary amides is 1. The van der Waals surface area contributed by atoms with Gasteiger partial charge in [-0.2, -0.15) is 0 Å². The van der Waals surface area contributed by atoms with Gasteiger partial charge >= 0.3 is 0 Å². The van der Waals surface area contributed by atoms with E-state index in [1.54, 1.807) is 12.1 Å². The predicted octanol–water partition coefficient (Wildman–Crippen LogP) is 1.99. The van der Waals surface area contributed by atoms with Gasteiger partial charge in [0.15, 0.2) is 0 Å². The SMILES string of the molecule is NC(=O)c1ccc(N(CC2CC2)CC2CC2)c(N)c1. The summed E-state index contributed by atoms with van der Waals surface area (Å²) in [5.41, 5.74) is 13.6. The molecule has 0 heterocycles. The quantitative estimate of drug-likeness (QED) is 0.767. The topological polar surface area (TPSA) is 72.4 Å². The molecule has 0 spiro atoms. The highest BCUT2D eigenvalue weighted by Crippen LogP contribution is 2.37. The van der Waals surface area contributed by atoms with Gasteiger partial charge in [-0.25, -0.2) is 0 Å². The first-order chi connectivity index (χ1) is 9.13. The van der Waals surface area contributed by atoms with Gasteiger partial charge in [-0.05, 0) is 55.7 Å². The van der Waals surface area contributed by atoms with E-state index < -0.39 is 5.91 Å². The van der Waals surface area contributed by atoms with E-state index in [-0.39, 0.29) is 0 Å². The lowest BCUT2D eigenvalue weighted by molar-refractivity contribution is 0.100. The number of hydrogen-bond acceptors (Lipinski definition) is 3. The lowest BCUT2D eigenvalue weighted by Crippen LogP contribution is -2.29. The number of nitrogen functional groups attached to an aromatic ring is 1. The van der Waals surface area contributed by atoms with Crippen LogP contribution in [0.1, 0.15) is 36.0 Å². The number of rotatable bonds is 6. The van der Waals surface area contributed by atoms with E-state index in [0.717, 1.165) is 30.6 Å². The summed E-state index contributed by atoms with van der Waals surface area (Å²) in [6.07, 6.45) is 5.34. The number of amides is 1. The molecule has 4 nitrogen and oxygen atoms in total. The molecule has 0 aromatic heterocycles. The number of nitrogens with two attached hydrogens (primary N) is 2. The number of carbonyl (C=O) groups excluding carboxylic acids is 1. The molecule has 0 unspecified atom stereocenters. The van der Waals surface area contributed by atoms with Gasteiger partial charge in [0.25, 0.3) is 0 Å². The summed E-state index contributed by atoms with van der Waals surface area (Å²) >= 11 is 0. The Morgan fingerprint density at radius 3 is 2.16 bits per heavy atom. The van der Waals surface area contributed by atoms with Crippen molar-refractivity contribution in [2.75, 3.05) is 23.7 Å². The van der Waals surface area contributed by atoms with Crippen molar-refractivity contribution in [1.82, 2.24) is 0 Å². The Hall–Kier alpha value is -1.71. The molecule has 102 valence electrons. The van der Waals surface area contributed by atoms with Crippen LogP contribution in [0.15, 0.2) is 18.2 Å². The van der Waals surface area contributed by atoms with E-state index in [9.17, 15) is 4.79 Å². The average molecular weight is 259 g/mol. The van der Waals surface area contributed by atoms with Crippen LogP contribution >= 0.6 is 0 Å². The van der Waals surface area contributed by atoms with Gasteiger partial charge in [-0.15, -0.1) is 0 Å². The third-order valence-corrected chi connectivity index (χ3v) is 4.00. The lowest BCUT2D eigenvalue weighted by atomic mass is 10.1. The highest BCUT2D eigenvalue weighted by atomic mass is 16.1. The van der Waals surface area contributed by atoms with E-state index in [1.807, 2.05) is 6.07 Å². The van der Waals surface area contributed by atoms with Gasteiger partial charge in [0, 0.05) is 18.7 Å². The lowest BCUT2D eigenvalue weighted by Gasteiger charge is -2.26. The molecule has 2 aliphatic carbocycles. The zero-order valence-corrected chi connectivity index (χ0v) is 11.1. The van der Waals surface area contributed by atoms with Crippen molar-refractivity contribution in [1.29, 1.82) is 0 Å². The Bertz CT molecular complexity index is 478. The number of benzene rings is 1. The Morgan fingerprint density at radius 1 is 1.16 bits per heavy atom. The van der Waals surface area contributed by atoms with Crippen LogP contribution in [0.3, 0.4) is 0 Å². The molecule has 1 aromatic carbocycles. The Morgan fingerprint density at radius 2 is 1.74 bits per heavy atom. The largest absolute Gasteiger partial charge is 0.397 e. The van der Waals surface area contributed by atoms with E-state index >= 15 is 0 Å². The highest BCUT2D eigenvalue weighted by Gasteiger charge is 2.30. The second-order valence-electron chi connectivity index (χ2n) is 5.93. The summed E-state index contributed by atoms with van der Waals surface area (Å²) < 4.78 is 0. The highest BCUT2D eigenvalue weighted by molar-refractivity contribution is 5.94. The Kier molecular flexibility index (Phi) is 3.09. The molecule has 4 heteroatoms. The first-order valence-corrected chi connectivity index (χ1v) is 7.08. The zero-order valence-electron chi connectivity index (χ0n) is 11.1. The minimum Gasteiger partial charge on any atom is -0.397 e. The fraction of sp³-hybridized carbons (Fsp3) is 0.533. The van der Waals surface area contributed by atoms with E-state index in [1.165, 1.54) is 25.7 Å². The molecule has 0 saturated heterocycles. The van der Waals surface area contributed by atoms with Crippen molar-refractivity contribution in [3.8, 4) is 0 Å². The fourth-order valence-corrected chi connectivity index (χ4v) is 2.49. The third kappa shape index (κ3) is 3.00. The van der Waals surface area contributed by atoms with Gasteiger partial charge in [0.05, 0.1) is 11.4 Å². The van der Waals surface area contributed by atoms with Crippen molar-refractivity contribution in [3.63, 3.8) is 0 Å². The molecule has 2 aliphatic rings. The summed E-state index contributed by atoms with van der Waals surface area (Å²) in [4.78, 5) is 13.6. The van der Waals surface area contributed by atoms with E-state index in [2.05, 4.69) is 4.90 Å². The summed E-state index contributed by atoms with van der Waals surface area (Å²) in [6, 6.07) is 5.42. The van der Waals surface area contributed by atoms with Crippen LogP contribution < -0.4 is 16.4 Å². The maximum atomic E-state index is 11.2. The summed E-state index contributed by atoms with van der Waals surface area (Å²) in [5.74, 6) is 1.23. The number of nitrogens with zero attached hydrogens (tertiary/aromatic N) is 1. The molecular weight excluding hydrogens is 238 g/mol.